The summed E-state index contributed by atoms with van der Waals surface area (Å²) in [4.78, 5) is 12.0. The summed E-state index contributed by atoms with van der Waals surface area (Å²) in [6, 6.07) is 5.10. The summed E-state index contributed by atoms with van der Waals surface area (Å²) in [5.41, 5.74) is -0.464. The van der Waals surface area contributed by atoms with Gasteiger partial charge in [0.1, 0.15) is 17.2 Å². The second-order valence-electron chi connectivity index (χ2n) is 5.72. The van der Waals surface area contributed by atoms with Crippen molar-refractivity contribution in [2.24, 2.45) is 0 Å². The van der Waals surface area contributed by atoms with Gasteiger partial charge in [-0.3, -0.25) is 4.79 Å². The Balaban J connectivity index is 1.89. The fourth-order valence-corrected chi connectivity index (χ4v) is 2.76. The zero-order chi connectivity index (χ0) is 16.2. The van der Waals surface area contributed by atoms with E-state index < -0.39 is 23.2 Å². The van der Waals surface area contributed by atoms with Crippen molar-refractivity contribution in [3.63, 3.8) is 0 Å². The Morgan fingerprint density at radius 3 is 2.68 bits per heavy atom. The van der Waals surface area contributed by atoms with Gasteiger partial charge in [0.25, 0.3) is 0 Å². The topological polar surface area (TPSA) is 64.9 Å². The van der Waals surface area contributed by atoms with Crippen molar-refractivity contribution >= 4 is 5.91 Å². The molecule has 1 aliphatic carbocycles. The van der Waals surface area contributed by atoms with Gasteiger partial charge in [-0.2, -0.15) is 5.26 Å². The number of nitriles is 1. The number of rotatable bonds is 5. The summed E-state index contributed by atoms with van der Waals surface area (Å²) in [6.45, 7) is 1.67. The highest BCUT2D eigenvalue weighted by Crippen LogP contribution is 2.28. The fourth-order valence-electron chi connectivity index (χ4n) is 2.76. The predicted molar refractivity (Wildman–Crippen MR) is 77.7 cm³/mol. The third kappa shape index (κ3) is 3.80. The molecule has 1 aromatic rings. The highest BCUT2D eigenvalue weighted by molar-refractivity contribution is 5.79. The van der Waals surface area contributed by atoms with Crippen molar-refractivity contribution in [1.29, 1.82) is 5.26 Å². The van der Waals surface area contributed by atoms with Crippen LogP contribution in [0.3, 0.4) is 0 Å². The van der Waals surface area contributed by atoms with E-state index in [-0.39, 0.29) is 12.5 Å². The van der Waals surface area contributed by atoms with Crippen molar-refractivity contribution in [2.75, 3.05) is 6.54 Å². The van der Waals surface area contributed by atoms with Crippen LogP contribution in [0.4, 0.5) is 8.78 Å². The molecule has 0 bridgehead atoms. The molecule has 1 fully saturated rings. The van der Waals surface area contributed by atoms with E-state index >= 15 is 0 Å². The Morgan fingerprint density at radius 2 is 2.09 bits per heavy atom. The van der Waals surface area contributed by atoms with Gasteiger partial charge in [-0.15, -0.1) is 0 Å². The van der Waals surface area contributed by atoms with Crippen LogP contribution in [-0.2, 0) is 4.79 Å². The SMILES string of the molecule is C[C@@H](NCC(=O)NC1(C#N)CCCC1)c1ccc(F)cc1F. The number of halogens is 2. The van der Waals surface area contributed by atoms with Gasteiger partial charge in [0, 0.05) is 17.7 Å². The molecule has 0 saturated heterocycles. The van der Waals surface area contributed by atoms with Crippen LogP contribution in [0.25, 0.3) is 0 Å². The van der Waals surface area contributed by atoms with Gasteiger partial charge < -0.3 is 10.6 Å². The monoisotopic (exact) mass is 307 g/mol. The maximum Gasteiger partial charge on any atom is 0.235 e. The molecule has 2 rings (SSSR count). The summed E-state index contributed by atoms with van der Waals surface area (Å²) in [6.07, 6.45) is 3.19. The lowest BCUT2D eigenvalue weighted by Gasteiger charge is -2.23. The summed E-state index contributed by atoms with van der Waals surface area (Å²) in [5.74, 6) is -1.58. The molecule has 1 aliphatic rings. The van der Waals surface area contributed by atoms with Crippen LogP contribution in [0.1, 0.15) is 44.2 Å². The van der Waals surface area contributed by atoms with Gasteiger partial charge in [-0.25, -0.2) is 8.78 Å². The summed E-state index contributed by atoms with van der Waals surface area (Å²) >= 11 is 0. The molecular weight excluding hydrogens is 288 g/mol. The third-order valence-corrected chi connectivity index (χ3v) is 4.05. The Morgan fingerprint density at radius 1 is 1.41 bits per heavy atom. The molecule has 1 saturated carbocycles. The van der Waals surface area contributed by atoms with Crippen molar-refractivity contribution in [3.05, 3.63) is 35.4 Å². The molecule has 118 valence electrons. The second kappa shape index (κ2) is 6.84. The van der Waals surface area contributed by atoms with Gasteiger partial charge in [0.2, 0.25) is 5.91 Å². The standard InChI is InChI=1S/C16H19F2N3O/c1-11(13-5-4-12(17)8-14(13)18)20-9-15(22)21-16(10-19)6-2-3-7-16/h4-5,8,11,20H,2-3,6-7,9H2,1H3,(H,21,22)/t11-/m1/s1. The lowest BCUT2D eigenvalue weighted by molar-refractivity contribution is -0.121. The van der Waals surface area contributed by atoms with E-state index in [1.54, 1.807) is 6.92 Å². The highest BCUT2D eigenvalue weighted by Gasteiger charge is 2.35. The summed E-state index contributed by atoms with van der Waals surface area (Å²) < 4.78 is 26.5. The molecule has 1 amide bonds. The second-order valence-corrected chi connectivity index (χ2v) is 5.72. The fraction of sp³-hybridized carbons (Fsp3) is 0.500. The molecule has 0 aliphatic heterocycles. The Hall–Kier alpha value is -2.00. The molecule has 0 spiro atoms. The normalized spacial score (nSPS) is 17.7. The average Bonchev–Trinajstić information content (AvgIpc) is 2.94. The molecule has 0 radical (unpaired) electrons. The number of benzene rings is 1. The van der Waals surface area contributed by atoms with Crippen molar-refractivity contribution in [2.45, 2.75) is 44.2 Å². The molecule has 0 heterocycles. The molecule has 1 aromatic carbocycles. The van der Waals surface area contributed by atoms with Crippen molar-refractivity contribution in [1.82, 2.24) is 10.6 Å². The Kier molecular flexibility index (Phi) is 5.09. The van der Waals surface area contributed by atoms with Gasteiger partial charge >= 0.3 is 0 Å². The maximum atomic E-state index is 13.6. The van der Waals surface area contributed by atoms with E-state index in [4.69, 9.17) is 0 Å². The largest absolute Gasteiger partial charge is 0.337 e. The zero-order valence-corrected chi connectivity index (χ0v) is 12.5. The molecular formula is C16H19F2N3O. The minimum absolute atomic E-state index is 0.0264. The number of carbonyl (C=O) groups excluding carboxylic acids is 1. The first-order chi connectivity index (χ1) is 10.5. The molecule has 4 nitrogen and oxygen atoms in total. The minimum atomic E-state index is -0.761. The first-order valence-corrected chi connectivity index (χ1v) is 7.36. The number of hydrogen-bond donors (Lipinski definition) is 2. The van der Waals surface area contributed by atoms with Crippen LogP contribution in [0.5, 0.6) is 0 Å². The lowest BCUT2D eigenvalue weighted by atomic mass is 10.00. The first-order valence-electron chi connectivity index (χ1n) is 7.36. The van der Waals surface area contributed by atoms with Gasteiger partial charge in [-0.05, 0) is 38.7 Å². The average molecular weight is 307 g/mol. The van der Waals surface area contributed by atoms with E-state index in [1.165, 1.54) is 12.1 Å². The number of nitrogens with zero attached hydrogens (tertiary/aromatic N) is 1. The predicted octanol–water partition coefficient (Wildman–Crippen LogP) is 2.57. The molecule has 1 atom stereocenters. The van der Waals surface area contributed by atoms with E-state index in [1.807, 2.05) is 0 Å². The zero-order valence-electron chi connectivity index (χ0n) is 12.5. The Bertz CT molecular complexity index is 592. The van der Waals surface area contributed by atoms with E-state index in [9.17, 15) is 18.8 Å². The third-order valence-electron chi connectivity index (χ3n) is 4.05. The maximum absolute atomic E-state index is 13.6. The Labute approximate surface area is 128 Å². The van der Waals surface area contributed by atoms with Crippen molar-refractivity contribution in [3.8, 4) is 6.07 Å². The minimum Gasteiger partial charge on any atom is -0.337 e. The summed E-state index contributed by atoms with van der Waals surface area (Å²) in [7, 11) is 0. The van der Waals surface area contributed by atoms with Gasteiger partial charge in [0.05, 0.1) is 12.6 Å². The molecule has 0 unspecified atom stereocenters. The first kappa shape index (κ1) is 16.4. The molecule has 22 heavy (non-hydrogen) atoms. The van der Waals surface area contributed by atoms with Crippen LogP contribution in [0, 0.1) is 23.0 Å². The molecule has 6 heteroatoms. The highest BCUT2D eigenvalue weighted by atomic mass is 19.1. The van der Waals surface area contributed by atoms with Crippen LogP contribution in [0.15, 0.2) is 18.2 Å². The van der Waals surface area contributed by atoms with Crippen LogP contribution >= 0.6 is 0 Å². The van der Waals surface area contributed by atoms with Gasteiger partial charge in [0.15, 0.2) is 0 Å². The number of amides is 1. The summed E-state index contributed by atoms with van der Waals surface area (Å²) in [5, 5.41) is 14.9. The molecule has 2 N–H and O–H groups in total. The van der Waals surface area contributed by atoms with Crippen LogP contribution in [-0.4, -0.2) is 18.0 Å². The quantitative estimate of drug-likeness (QED) is 0.878. The van der Waals surface area contributed by atoms with Crippen LogP contribution in [0.2, 0.25) is 0 Å². The lowest BCUT2D eigenvalue weighted by Crippen LogP contribution is -2.48. The van der Waals surface area contributed by atoms with E-state index in [0.717, 1.165) is 18.9 Å². The van der Waals surface area contributed by atoms with E-state index in [0.29, 0.717) is 18.4 Å². The number of hydrogen-bond acceptors (Lipinski definition) is 3. The van der Waals surface area contributed by atoms with Crippen LogP contribution < -0.4 is 10.6 Å². The molecule has 0 aromatic heterocycles. The van der Waals surface area contributed by atoms with E-state index in [2.05, 4.69) is 16.7 Å². The van der Waals surface area contributed by atoms with Crippen molar-refractivity contribution < 1.29 is 13.6 Å². The number of nitrogens with one attached hydrogen (secondary N) is 2. The van der Waals surface area contributed by atoms with Gasteiger partial charge in [-0.1, -0.05) is 6.07 Å². The number of carbonyl (C=O) groups is 1. The smallest absolute Gasteiger partial charge is 0.235 e.